The van der Waals surface area contributed by atoms with Gasteiger partial charge in [0.05, 0.1) is 25.2 Å². The van der Waals surface area contributed by atoms with Crippen molar-refractivity contribution in [1.82, 2.24) is 5.32 Å². The van der Waals surface area contributed by atoms with Gasteiger partial charge in [0.25, 0.3) is 0 Å². The van der Waals surface area contributed by atoms with Crippen LogP contribution in [0.2, 0.25) is 0 Å². The summed E-state index contributed by atoms with van der Waals surface area (Å²) in [6.07, 6.45) is 53.5. The van der Waals surface area contributed by atoms with Crippen LogP contribution in [0.15, 0.2) is 36.5 Å². The van der Waals surface area contributed by atoms with Crippen LogP contribution in [0.1, 0.15) is 258 Å². The van der Waals surface area contributed by atoms with E-state index >= 15 is 0 Å². The molecule has 0 aliphatic carbocycles. The molecule has 0 heterocycles. The second-order valence-electron chi connectivity index (χ2n) is 17.3. The molecule has 0 rings (SSSR count). The number of rotatable bonds is 45. The Kier molecular flexibility index (Phi) is 44.6. The molecule has 6 nitrogen and oxygen atoms in total. The third-order valence-electron chi connectivity index (χ3n) is 11.5. The number of hydrogen-bond acceptors (Lipinski definition) is 5. The number of amides is 1. The van der Waals surface area contributed by atoms with Gasteiger partial charge in [0.2, 0.25) is 5.91 Å². The monoisotopic (exact) mass is 816 g/mol. The minimum atomic E-state index is -0.793. The van der Waals surface area contributed by atoms with Crippen LogP contribution in [0.3, 0.4) is 0 Å². The first-order valence-corrected chi connectivity index (χ1v) is 25.2. The molecular weight excluding hydrogens is 719 g/mol. The number of ether oxygens (including phenoxy) is 1. The summed E-state index contributed by atoms with van der Waals surface area (Å²) in [6.45, 7) is 6.35. The smallest absolute Gasteiger partial charge is 0.306 e. The summed E-state index contributed by atoms with van der Waals surface area (Å²) in [7, 11) is 0. The molecule has 0 fully saturated rings. The van der Waals surface area contributed by atoms with Gasteiger partial charge < -0.3 is 20.3 Å². The predicted octanol–water partition coefficient (Wildman–Crippen LogP) is 14.9. The second kappa shape index (κ2) is 46.2. The lowest BCUT2D eigenvalue weighted by molar-refractivity contribution is -0.151. The lowest BCUT2D eigenvalue weighted by Crippen LogP contribution is -2.46. The molecule has 0 aromatic carbocycles. The number of hydrogen-bond donors (Lipinski definition) is 3. The van der Waals surface area contributed by atoms with E-state index < -0.39 is 18.2 Å². The summed E-state index contributed by atoms with van der Waals surface area (Å²) in [5.74, 6) is -0.499. The third kappa shape index (κ3) is 40.8. The first-order chi connectivity index (χ1) is 28.5. The van der Waals surface area contributed by atoms with E-state index in [0.717, 1.165) is 70.6 Å². The van der Waals surface area contributed by atoms with Crippen molar-refractivity contribution in [2.24, 2.45) is 0 Å². The van der Waals surface area contributed by atoms with Crippen LogP contribution in [0, 0.1) is 0 Å². The van der Waals surface area contributed by atoms with E-state index in [0.29, 0.717) is 19.3 Å². The van der Waals surface area contributed by atoms with Gasteiger partial charge in [0.1, 0.15) is 6.10 Å². The third-order valence-corrected chi connectivity index (χ3v) is 11.5. The van der Waals surface area contributed by atoms with E-state index in [-0.39, 0.29) is 24.9 Å². The number of allylic oxidation sites excluding steroid dienone is 6. The van der Waals surface area contributed by atoms with Crippen LogP contribution in [0.25, 0.3) is 0 Å². The Morgan fingerprint density at radius 1 is 0.517 bits per heavy atom. The SMILES string of the molecule is CC/C=C/C=C/C=C\CCCCCC(CC(=O)NC(CO)C(O)CCCCCCCCCCCCCCC)OC(=O)CCCCCCCCCCCCCCCCC. The van der Waals surface area contributed by atoms with Crippen LogP contribution in [-0.2, 0) is 14.3 Å². The number of aliphatic hydroxyl groups is 2. The molecule has 58 heavy (non-hydrogen) atoms. The van der Waals surface area contributed by atoms with Crippen LogP contribution >= 0.6 is 0 Å². The van der Waals surface area contributed by atoms with Crippen molar-refractivity contribution in [1.29, 1.82) is 0 Å². The van der Waals surface area contributed by atoms with Crippen molar-refractivity contribution >= 4 is 11.9 Å². The molecule has 0 spiro atoms. The van der Waals surface area contributed by atoms with Gasteiger partial charge in [-0.3, -0.25) is 9.59 Å². The van der Waals surface area contributed by atoms with Crippen LogP contribution in [0.4, 0.5) is 0 Å². The quantitative estimate of drug-likeness (QED) is 0.0323. The topological polar surface area (TPSA) is 95.9 Å². The van der Waals surface area contributed by atoms with Crippen LogP contribution < -0.4 is 5.32 Å². The van der Waals surface area contributed by atoms with Gasteiger partial charge in [-0.2, -0.15) is 0 Å². The highest BCUT2D eigenvalue weighted by atomic mass is 16.5. The lowest BCUT2D eigenvalue weighted by Gasteiger charge is -2.24. The molecule has 3 unspecified atom stereocenters. The zero-order valence-electron chi connectivity index (χ0n) is 38.7. The molecule has 3 atom stereocenters. The van der Waals surface area contributed by atoms with Gasteiger partial charge in [0, 0.05) is 6.42 Å². The minimum absolute atomic E-state index is 0.0581. The van der Waals surface area contributed by atoms with Gasteiger partial charge in [-0.05, 0) is 44.9 Å². The molecule has 6 heteroatoms. The second-order valence-corrected chi connectivity index (χ2v) is 17.3. The maximum Gasteiger partial charge on any atom is 0.306 e. The molecule has 0 saturated heterocycles. The van der Waals surface area contributed by atoms with Gasteiger partial charge in [-0.15, -0.1) is 0 Å². The van der Waals surface area contributed by atoms with Gasteiger partial charge in [0.15, 0.2) is 0 Å². The zero-order chi connectivity index (χ0) is 42.4. The molecule has 0 radical (unpaired) electrons. The summed E-state index contributed by atoms with van der Waals surface area (Å²) in [5, 5.41) is 23.7. The summed E-state index contributed by atoms with van der Waals surface area (Å²) >= 11 is 0. The normalized spacial score (nSPS) is 13.5. The number of carbonyl (C=O) groups is 2. The minimum Gasteiger partial charge on any atom is -0.462 e. The zero-order valence-corrected chi connectivity index (χ0v) is 38.7. The Hall–Kier alpha value is -1.92. The highest BCUT2D eigenvalue weighted by molar-refractivity contribution is 5.77. The number of esters is 1. The number of nitrogens with one attached hydrogen (secondary N) is 1. The molecule has 0 saturated carbocycles. The number of carbonyl (C=O) groups excluding carboxylic acids is 2. The Morgan fingerprint density at radius 2 is 0.931 bits per heavy atom. The molecule has 0 bridgehead atoms. The molecule has 1 amide bonds. The average Bonchev–Trinajstić information content (AvgIpc) is 3.22. The maximum atomic E-state index is 13.2. The first kappa shape index (κ1) is 56.1. The Bertz CT molecular complexity index is 961. The summed E-state index contributed by atoms with van der Waals surface area (Å²) in [6, 6.07) is -0.709. The van der Waals surface area contributed by atoms with E-state index in [2.05, 4.69) is 56.5 Å². The van der Waals surface area contributed by atoms with E-state index in [1.807, 2.05) is 6.08 Å². The fraction of sp³-hybridized carbons (Fsp3) is 0.846. The molecule has 0 aliphatic rings. The Labute approximate surface area is 360 Å². The molecule has 0 aromatic rings. The highest BCUT2D eigenvalue weighted by Crippen LogP contribution is 2.18. The van der Waals surface area contributed by atoms with E-state index in [4.69, 9.17) is 4.74 Å². The van der Waals surface area contributed by atoms with Crippen molar-refractivity contribution < 1.29 is 24.5 Å². The molecule has 0 aliphatic heterocycles. The summed E-state index contributed by atoms with van der Waals surface area (Å²) < 4.78 is 5.91. The molecular formula is C52H97NO5. The standard InChI is InChI=1S/C52H97NO5/c1-4-7-10-13-16-19-22-24-25-27-30-33-36-39-42-45-52(57)58-48(43-40-37-34-31-28-21-18-15-12-9-6-3)46-51(56)53-49(47-54)50(55)44-41-38-35-32-29-26-23-20-17-14-11-8-5-2/h9,12,15,18,21,28,48-50,54-55H,4-8,10-11,13-14,16-17,19-20,22-27,29-47H2,1-3H3,(H,53,56)/b12-9+,18-15+,28-21-. The Morgan fingerprint density at radius 3 is 1.40 bits per heavy atom. The van der Waals surface area contributed by atoms with Crippen LogP contribution in [-0.4, -0.2) is 46.9 Å². The van der Waals surface area contributed by atoms with Gasteiger partial charge >= 0.3 is 5.97 Å². The molecule has 0 aromatic heterocycles. The number of aliphatic hydroxyl groups excluding tert-OH is 2. The number of unbranched alkanes of at least 4 members (excludes halogenated alkanes) is 29. The summed E-state index contributed by atoms with van der Waals surface area (Å²) in [5.41, 5.74) is 0. The van der Waals surface area contributed by atoms with Crippen molar-refractivity contribution in [2.45, 2.75) is 277 Å². The predicted molar refractivity (Wildman–Crippen MR) is 250 cm³/mol. The average molecular weight is 816 g/mol. The van der Waals surface area contributed by atoms with Crippen molar-refractivity contribution in [2.75, 3.05) is 6.61 Å². The van der Waals surface area contributed by atoms with E-state index in [1.54, 1.807) is 0 Å². The van der Waals surface area contributed by atoms with E-state index in [1.165, 1.54) is 141 Å². The summed E-state index contributed by atoms with van der Waals surface area (Å²) in [4.78, 5) is 26.1. The van der Waals surface area contributed by atoms with E-state index in [9.17, 15) is 19.8 Å². The van der Waals surface area contributed by atoms with Gasteiger partial charge in [-0.1, -0.05) is 237 Å². The first-order valence-electron chi connectivity index (χ1n) is 25.2. The Balaban J connectivity index is 4.54. The fourth-order valence-corrected chi connectivity index (χ4v) is 7.73. The van der Waals surface area contributed by atoms with Crippen molar-refractivity contribution in [3.05, 3.63) is 36.5 Å². The lowest BCUT2D eigenvalue weighted by atomic mass is 10.0. The van der Waals surface area contributed by atoms with Crippen LogP contribution in [0.5, 0.6) is 0 Å². The van der Waals surface area contributed by atoms with Gasteiger partial charge in [-0.25, -0.2) is 0 Å². The van der Waals surface area contributed by atoms with Crippen molar-refractivity contribution in [3.63, 3.8) is 0 Å². The molecule has 3 N–H and O–H groups in total. The molecule has 340 valence electrons. The maximum absolute atomic E-state index is 13.2. The van der Waals surface area contributed by atoms with Crippen molar-refractivity contribution in [3.8, 4) is 0 Å². The fourth-order valence-electron chi connectivity index (χ4n) is 7.73. The highest BCUT2D eigenvalue weighted by Gasteiger charge is 2.24. The largest absolute Gasteiger partial charge is 0.462 e.